The van der Waals surface area contributed by atoms with Crippen LogP contribution in [0.3, 0.4) is 0 Å². The summed E-state index contributed by atoms with van der Waals surface area (Å²) in [6, 6.07) is 3.29. The number of phenolic OH excluding ortho intramolecular Hbond substituents is 1. The van der Waals surface area contributed by atoms with E-state index in [0.29, 0.717) is 24.8 Å². The van der Waals surface area contributed by atoms with Crippen LogP contribution >= 0.6 is 0 Å². The van der Waals surface area contributed by atoms with E-state index < -0.39 is 24.0 Å². The van der Waals surface area contributed by atoms with Crippen LogP contribution in [0.2, 0.25) is 0 Å². The lowest BCUT2D eigenvalue weighted by atomic mass is 9.96. The number of aliphatic hydroxyl groups excluding tert-OH is 2. The van der Waals surface area contributed by atoms with Crippen LogP contribution in [-0.2, 0) is 16.0 Å². The molecule has 1 aromatic rings. The first-order valence-electron chi connectivity index (χ1n) is 7.96. The first-order valence-corrected chi connectivity index (χ1v) is 7.96. The number of aromatic hydroxyl groups is 1. The number of aliphatic hydroxyl groups is 2. The standard InChI is InChI=1S/C18H22O6/c1-11-9-12-5-4-7-14(20)17(22)13(19)6-2-3-8-24-18(23)16(12)15(21)10-11/h2,6,9-10,14,17,20-22H,3-5,7-8H2,1H3/b6-2-/t14-,17+/m0/s1. The maximum atomic E-state index is 12.2. The van der Waals surface area contributed by atoms with Gasteiger partial charge < -0.3 is 20.1 Å². The molecule has 0 amide bonds. The smallest absolute Gasteiger partial charge is 0.342 e. The maximum absolute atomic E-state index is 12.2. The second-order valence-electron chi connectivity index (χ2n) is 5.95. The molecule has 0 saturated heterocycles. The number of rotatable bonds is 0. The van der Waals surface area contributed by atoms with Crippen LogP contribution < -0.4 is 0 Å². The van der Waals surface area contributed by atoms with E-state index in [1.165, 1.54) is 18.2 Å². The molecule has 0 bridgehead atoms. The van der Waals surface area contributed by atoms with Gasteiger partial charge in [-0.15, -0.1) is 0 Å². The quantitative estimate of drug-likeness (QED) is 0.620. The number of ketones is 1. The van der Waals surface area contributed by atoms with E-state index in [4.69, 9.17) is 4.74 Å². The fourth-order valence-corrected chi connectivity index (χ4v) is 2.71. The van der Waals surface area contributed by atoms with Crippen LogP contribution in [0.4, 0.5) is 0 Å². The second kappa shape index (κ2) is 8.08. The van der Waals surface area contributed by atoms with Crippen LogP contribution in [0.25, 0.3) is 0 Å². The molecule has 0 unspecified atom stereocenters. The predicted molar refractivity (Wildman–Crippen MR) is 86.8 cm³/mol. The molecule has 130 valence electrons. The summed E-state index contributed by atoms with van der Waals surface area (Å²) in [7, 11) is 0. The van der Waals surface area contributed by atoms with Gasteiger partial charge in [0, 0.05) is 0 Å². The lowest BCUT2D eigenvalue weighted by Crippen LogP contribution is -2.33. The van der Waals surface area contributed by atoms with E-state index in [9.17, 15) is 24.9 Å². The summed E-state index contributed by atoms with van der Waals surface area (Å²) >= 11 is 0. The highest BCUT2D eigenvalue weighted by atomic mass is 16.5. The first kappa shape index (κ1) is 18.2. The van der Waals surface area contributed by atoms with E-state index in [-0.39, 0.29) is 24.3 Å². The third-order valence-electron chi connectivity index (χ3n) is 3.95. The molecule has 0 aromatic heterocycles. The van der Waals surface area contributed by atoms with Crippen molar-refractivity contribution in [1.82, 2.24) is 0 Å². The number of carbonyl (C=O) groups is 2. The molecule has 6 heteroatoms. The molecule has 1 aromatic carbocycles. The number of hydrogen-bond acceptors (Lipinski definition) is 6. The average molecular weight is 334 g/mol. The van der Waals surface area contributed by atoms with Gasteiger partial charge in [0.15, 0.2) is 5.78 Å². The molecule has 0 radical (unpaired) electrons. The van der Waals surface area contributed by atoms with Gasteiger partial charge in [-0.3, -0.25) is 4.79 Å². The van der Waals surface area contributed by atoms with Crippen LogP contribution in [0, 0.1) is 6.92 Å². The Morgan fingerprint density at radius 2 is 1.96 bits per heavy atom. The number of fused-ring (bicyclic) bond motifs is 1. The summed E-state index contributed by atoms with van der Waals surface area (Å²) in [4.78, 5) is 23.9. The number of phenols is 1. The molecule has 0 saturated carbocycles. The van der Waals surface area contributed by atoms with Gasteiger partial charge in [0.05, 0.1) is 12.7 Å². The highest BCUT2D eigenvalue weighted by Gasteiger charge is 2.23. The summed E-state index contributed by atoms with van der Waals surface area (Å²) in [5, 5.41) is 29.8. The summed E-state index contributed by atoms with van der Waals surface area (Å²) in [5.74, 6) is -1.31. The van der Waals surface area contributed by atoms with Crippen LogP contribution in [-0.4, -0.2) is 45.9 Å². The van der Waals surface area contributed by atoms with Gasteiger partial charge in [0.25, 0.3) is 0 Å². The number of hydrogen-bond donors (Lipinski definition) is 3. The van der Waals surface area contributed by atoms with Crippen LogP contribution in [0.5, 0.6) is 5.75 Å². The Morgan fingerprint density at radius 1 is 1.21 bits per heavy atom. The van der Waals surface area contributed by atoms with Gasteiger partial charge in [-0.05, 0) is 55.9 Å². The van der Waals surface area contributed by atoms with Gasteiger partial charge >= 0.3 is 5.97 Å². The largest absolute Gasteiger partial charge is 0.507 e. The molecular formula is C18H22O6. The molecule has 0 fully saturated rings. The predicted octanol–water partition coefficient (Wildman–Crippen LogP) is 1.43. The van der Waals surface area contributed by atoms with E-state index in [1.54, 1.807) is 13.0 Å². The van der Waals surface area contributed by atoms with Gasteiger partial charge in [-0.1, -0.05) is 12.1 Å². The first-order chi connectivity index (χ1) is 11.4. The lowest BCUT2D eigenvalue weighted by Gasteiger charge is -2.17. The zero-order valence-electron chi connectivity index (χ0n) is 13.6. The fraction of sp³-hybridized carbons (Fsp3) is 0.444. The average Bonchev–Trinajstić information content (AvgIpc) is 2.51. The Kier molecular flexibility index (Phi) is 6.11. The monoisotopic (exact) mass is 334 g/mol. The van der Waals surface area contributed by atoms with Gasteiger partial charge in [0.2, 0.25) is 0 Å². The van der Waals surface area contributed by atoms with Crippen molar-refractivity contribution in [3.05, 3.63) is 41.0 Å². The van der Waals surface area contributed by atoms with E-state index >= 15 is 0 Å². The minimum Gasteiger partial charge on any atom is -0.507 e. The fourth-order valence-electron chi connectivity index (χ4n) is 2.71. The van der Waals surface area contributed by atoms with Crippen molar-refractivity contribution < 1.29 is 29.6 Å². The Hall–Kier alpha value is -2.18. The van der Waals surface area contributed by atoms with Crippen molar-refractivity contribution in [2.24, 2.45) is 0 Å². The van der Waals surface area contributed by atoms with Gasteiger partial charge in [-0.2, -0.15) is 0 Å². The van der Waals surface area contributed by atoms with E-state index in [0.717, 1.165) is 5.56 Å². The molecule has 1 aliphatic rings. The highest BCUT2D eigenvalue weighted by Crippen LogP contribution is 2.26. The Balaban J connectivity index is 2.28. The van der Waals surface area contributed by atoms with Gasteiger partial charge in [-0.25, -0.2) is 4.79 Å². The maximum Gasteiger partial charge on any atom is 0.342 e. The molecule has 24 heavy (non-hydrogen) atoms. The SMILES string of the molecule is Cc1cc(O)c2c(c1)CCC[C@H](O)[C@H](O)C(=O)/C=C\CCOC2=O. The summed E-state index contributed by atoms with van der Waals surface area (Å²) in [6.45, 7) is 1.85. The summed E-state index contributed by atoms with van der Waals surface area (Å²) in [5.41, 5.74) is 1.56. The van der Waals surface area contributed by atoms with Crippen molar-refractivity contribution in [2.45, 2.75) is 44.8 Å². The van der Waals surface area contributed by atoms with Crippen molar-refractivity contribution in [1.29, 1.82) is 0 Å². The normalized spacial score (nSPS) is 24.6. The van der Waals surface area contributed by atoms with E-state index in [1.807, 2.05) is 0 Å². The Labute approximate surface area is 140 Å². The van der Waals surface area contributed by atoms with E-state index in [2.05, 4.69) is 0 Å². The summed E-state index contributed by atoms with van der Waals surface area (Å²) < 4.78 is 5.14. The van der Waals surface area contributed by atoms with Crippen molar-refractivity contribution in [3.63, 3.8) is 0 Å². The number of ether oxygens (including phenoxy) is 1. The Morgan fingerprint density at radius 3 is 2.71 bits per heavy atom. The molecule has 6 nitrogen and oxygen atoms in total. The number of cyclic esters (lactones) is 1. The van der Waals surface area contributed by atoms with Crippen molar-refractivity contribution in [2.75, 3.05) is 6.61 Å². The lowest BCUT2D eigenvalue weighted by molar-refractivity contribution is -0.128. The molecule has 2 atom stereocenters. The molecule has 1 aliphatic heterocycles. The molecule has 2 rings (SSSR count). The zero-order valence-corrected chi connectivity index (χ0v) is 13.6. The van der Waals surface area contributed by atoms with Crippen molar-refractivity contribution in [3.8, 4) is 5.75 Å². The minimum atomic E-state index is -1.46. The second-order valence-corrected chi connectivity index (χ2v) is 5.95. The topological polar surface area (TPSA) is 104 Å². The Bertz CT molecular complexity index is 649. The third-order valence-corrected chi connectivity index (χ3v) is 3.95. The molecular weight excluding hydrogens is 312 g/mol. The number of esters is 1. The molecule has 0 aliphatic carbocycles. The molecule has 0 spiro atoms. The third kappa shape index (κ3) is 4.43. The van der Waals surface area contributed by atoms with Gasteiger partial charge in [0.1, 0.15) is 17.4 Å². The minimum absolute atomic E-state index is 0.0496. The molecule has 3 N–H and O–H groups in total. The number of carbonyl (C=O) groups excluding carboxylic acids is 2. The number of aryl methyl sites for hydroxylation is 2. The summed E-state index contributed by atoms with van der Waals surface area (Å²) in [6.07, 6.45) is 1.38. The van der Waals surface area contributed by atoms with Crippen molar-refractivity contribution >= 4 is 11.8 Å². The highest BCUT2D eigenvalue weighted by molar-refractivity contribution is 5.94. The number of benzene rings is 1. The molecule has 1 heterocycles. The van der Waals surface area contributed by atoms with Crippen LogP contribution in [0.15, 0.2) is 24.3 Å². The zero-order chi connectivity index (χ0) is 17.7. The van der Waals surface area contributed by atoms with Crippen LogP contribution in [0.1, 0.15) is 40.7 Å².